The summed E-state index contributed by atoms with van der Waals surface area (Å²) in [7, 11) is 2.03. The van der Waals surface area contributed by atoms with Crippen molar-refractivity contribution in [2.75, 3.05) is 11.9 Å². The van der Waals surface area contributed by atoms with Gasteiger partial charge in [0.1, 0.15) is 12.8 Å². The quantitative estimate of drug-likeness (QED) is 0.121. The van der Waals surface area contributed by atoms with Crippen LogP contribution in [0.4, 0.5) is 5.69 Å². The van der Waals surface area contributed by atoms with Crippen LogP contribution < -0.4 is 14.6 Å². The minimum atomic E-state index is -0.0706. The van der Waals surface area contributed by atoms with Crippen molar-refractivity contribution in [2.45, 2.75) is 117 Å². The smallest absolute Gasteiger partial charge is 0.270 e. The van der Waals surface area contributed by atoms with Crippen LogP contribution >= 0.6 is 11.3 Å². The molecule has 3 rings (SSSR count). The number of nitrogens with one attached hydrogen (secondary N) is 1. The van der Waals surface area contributed by atoms with Crippen molar-refractivity contribution in [3.8, 4) is 16.3 Å². The highest BCUT2D eigenvalue weighted by Crippen LogP contribution is 2.33. The first-order valence-electron chi connectivity index (χ1n) is 15.9. The summed E-state index contributed by atoms with van der Waals surface area (Å²) in [4.78, 5) is 13.1. The maximum Gasteiger partial charge on any atom is 0.270 e. The average molecular weight is 578 g/mol. The van der Waals surface area contributed by atoms with Crippen LogP contribution in [0.15, 0.2) is 54.0 Å². The number of unbranched alkanes of at least 4 members (excludes halogenated alkanes) is 11. The summed E-state index contributed by atoms with van der Waals surface area (Å²) in [6.45, 7) is 9.65. The molecule has 0 fully saturated rings. The van der Waals surface area contributed by atoms with E-state index in [4.69, 9.17) is 4.74 Å². The fraction of sp³-hybridized carbons (Fsp3) is 0.556. The highest BCUT2D eigenvalue weighted by molar-refractivity contribution is 7.12. The minimum absolute atomic E-state index is 0.0123. The zero-order valence-corrected chi connectivity index (χ0v) is 27.1. The largest absolute Gasteiger partial charge is 0.493 e. The molecular weight excluding hydrogens is 524 g/mol. The molecule has 4 nitrogen and oxygen atoms in total. The maximum absolute atomic E-state index is 13.1. The Hall–Kier alpha value is -2.66. The van der Waals surface area contributed by atoms with E-state index in [0.717, 1.165) is 46.2 Å². The molecule has 1 heterocycles. The van der Waals surface area contributed by atoms with E-state index in [1.54, 1.807) is 11.3 Å². The van der Waals surface area contributed by atoms with Crippen LogP contribution in [0.3, 0.4) is 0 Å². The highest BCUT2D eigenvalue weighted by atomic mass is 32.1. The van der Waals surface area contributed by atoms with E-state index in [2.05, 4.69) is 61.2 Å². The number of benzene rings is 2. The first-order chi connectivity index (χ1) is 19.8. The molecule has 1 amide bonds. The minimum Gasteiger partial charge on any atom is -0.493 e. The Morgan fingerprint density at radius 2 is 1.51 bits per heavy atom. The van der Waals surface area contributed by atoms with Gasteiger partial charge in [0.05, 0.1) is 29.7 Å². The average Bonchev–Trinajstić information content (AvgIpc) is 3.37. The molecule has 224 valence electrons. The second-order valence-electron chi connectivity index (χ2n) is 12.4. The number of hydrogen-bond acceptors (Lipinski definition) is 3. The van der Waals surface area contributed by atoms with Gasteiger partial charge in [-0.3, -0.25) is 4.79 Å². The molecule has 3 aromatic rings. The van der Waals surface area contributed by atoms with Crippen molar-refractivity contribution in [3.05, 3.63) is 65.2 Å². The number of hydrogen-bond donors (Lipinski definition) is 1. The number of anilines is 1. The summed E-state index contributed by atoms with van der Waals surface area (Å²) in [5, 5.41) is 6.33. The fourth-order valence-electron chi connectivity index (χ4n) is 5.27. The van der Waals surface area contributed by atoms with E-state index in [1.165, 1.54) is 70.6 Å². The van der Waals surface area contributed by atoms with Crippen LogP contribution in [0.25, 0.3) is 10.6 Å². The number of rotatable bonds is 18. The Balaban J connectivity index is 1.45. The second-order valence-corrected chi connectivity index (χ2v) is 13.3. The van der Waals surface area contributed by atoms with E-state index in [-0.39, 0.29) is 11.3 Å². The van der Waals surface area contributed by atoms with Gasteiger partial charge in [0.15, 0.2) is 6.20 Å². The van der Waals surface area contributed by atoms with Crippen LogP contribution in [0.1, 0.15) is 116 Å². The van der Waals surface area contributed by atoms with Gasteiger partial charge in [0, 0.05) is 0 Å². The van der Waals surface area contributed by atoms with Crippen LogP contribution in [0.2, 0.25) is 0 Å². The summed E-state index contributed by atoms with van der Waals surface area (Å²) >= 11 is 1.67. The zero-order chi connectivity index (χ0) is 29.5. The van der Waals surface area contributed by atoms with Gasteiger partial charge in [-0.05, 0) is 41.2 Å². The Bertz CT molecular complexity index is 1190. The first kappa shape index (κ1) is 32.8. The van der Waals surface area contributed by atoms with Crippen LogP contribution in [0, 0.1) is 0 Å². The molecule has 0 saturated carbocycles. The number of carbonyl (C=O) groups excluding carboxylic acids is 1. The van der Waals surface area contributed by atoms with Gasteiger partial charge < -0.3 is 10.1 Å². The lowest BCUT2D eigenvalue weighted by Gasteiger charge is -2.24. The molecule has 0 atom stereocenters. The topological polar surface area (TPSA) is 42.2 Å². The number of nitrogens with zero attached hydrogens (tertiary/aromatic N) is 1. The van der Waals surface area contributed by atoms with Crippen LogP contribution in [0.5, 0.6) is 5.75 Å². The van der Waals surface area contributed by atoms with Crippen molar-refractivity contribution in [1.82, 2.24) is 0 Å². The van der Waals surface area contributed by atoms with Crippen molar-refractivity contribution in [1.29, 1.82) is 0 Å². The van der Waals surface area contributed by atoms with Gasteiger partial charge in [-0.15, -0.1) is 0 Å². The van der Waals surface area contributed by atoms with Gasteiger partial charge in [-0.1, -0.05) is 134 Å². The number of aryl methyl sites for hydroxylation is 1. The van der Waals surface area contributed by atoms with E-state index in [9.17, 15) is 4.79 Å². The molecule has 41 heavy (non-hydrogen) atoms. The Morgan fingerprint density at radius 3 is 2.12 bits per heavy atom. The normalized spacial score (nSPS) is 11.5. The molecule has 1 aromatic heterocycles. The second kappa shape index (κ2) is 17.3. The third kappa shape index (κ3) is 11.3. The van der Waals surface area contributed by atoms with Gasteiger partial charge >= 0.3 is 0 Å². The third-order valence-electron chi connectivity index (χ3n) is 7.69. The lowest BCUT2D eigenvalue weighted by atomic mass is 9.85. The molecule has 2 aromatic carbocycles. The molecule has 0 unspecified atom stereocenters. The monoisotopic (exact) mass is 577 g/mol. The number of amides is 1. The van der Waals surface area contributed by atoms with Crippen LogP contribution in [-0.4, -0.2) is 12.5 Å². The lowest BCUT2D eigenvalue weighted by molar-refractivity contribution is -0.655. The fourth-order valence-corrected chi connectivity index (χ4v) is 6.18. The number of aromatic nitrogens is 1. The summed E-state index contributed by atoms with van der Waals surface area (Å²) in [5.41, 5.74) is 3.97. The summed E-state index contributed by atoms with van der Waals surface area (Å²) in [6.07, 6.45) is 18.5. The third-order valence-corrected chi connectivity index (χ3v) is 8.68. The standard InChI is InChI=1S/C36H52N2O2S/c1-6-7-8-9-10-11-12-13-14-15-16-19-25-40-33-23-22-29(27-31(33)36(2,3)4)28-34(39)37-32-21-18-17-20-30(32)35-38(5)24-26-41-35/h17-18,20-24,26-27H,6-16,19,25,28H2,1-5H3/p+1. The zero-order valence-electron chi connectivity index (χ0n) is 26.3. The Labute approximate surface area is 253 Å². The molecule has 0 aliphatic heterocycles. The molecule has 0 radical (unpaired) electrons. The highest BCUT2D eigenvalue weighted by Gasteiger charge is 2.21. The molecule has 0 aliphatic carbocycles. The van der Waals surface area contributed by atoms with E-state index >= 15 is 0 Å². The predicted molar refractivity (Wildman–Crippen MR) is 175 cm³/mol. The Kier molecular flexibility index (Phi) is 13.9. The van der Waals surface area contributed by atoms with Crippen LogP contribution in [-0.2, 0) is 23.7 Å². The van der Waals surface area contributed by atoms with E-state index in [0.29, 0.717) is 6.42 Å². The van der Waals surface area contributed by atoms with E-state index in [1.807, 2.05) is 37.5 Å². The molecular formula is C36H53N2O2S+. The molecule has 0 saturated heterocycles. The van der Waals surface area contributed by atoms with Crippen molar-refractivity contribution in [3.63, 3.8) is 0 Å². The maximum atomic E-state index is 13.1. The van der Waals surface area contributed by atoms with Crippen molar-refractivity contribution in [2.24, 2.45) is 7.05 Å². The first-order valence-corrected chi connectivity index (χ1v) is 16.8. The molecule has 5 heteroatoms. The van der Waals surface area contributed by atoms with Gasteiger partial charge in [0.25, 0.3) is 5.01 Å². The lowest BCUT2D eigenvalue weighted by Crippen LogP contribution is -2.27. The van der Waals surface area contributed by atoms with Crippen molar-refractivity contribution < 1.29 is 14.1 Å². The summed E-state index contributed by atoms with van der Waals surface area (Å²) in [6, 6.07) is 14.3. The molecule has 1 N–H and O–H groups in total. The molecule has 0 aliphatic rings. The van der Waals surface area contributed by atoms with E-state index < -0.39 is 0 Å². The Morgan fingerprint density at radius 1 is 0.878 bits per heavy atom. The predicted octanol–water partition coefficient (Wildman–Crippen LogP) is 9.80. The molecule has 0 bridgehead atoms. The number of ether oxygens (including phenoxy) is 1. The SMILES string of the molecule is CCCCCCCCCCCCCCOc1ccc(CC(=O)Nc2ccccc2-c2scc[n+]2C)cc1C(C)(C)C. The summed E-state index contributed by atoms with van der Waals surface area (Å²) in [5.74, 6) is 0.932. The number of thiazole rings is 1. The summed E-state index contributed by atoms with van der Waals surface area (Å²) < 4.78 is 8.36. The number of para-hydroxylation sites is 1. The van der Waals surface area contributed by atoms with Gasteiger partial charge in [-0.2, -0.15) is 4.57 Å². The van der Waals surface area contributed by atoms with Crippen molar-refractivity contribution >= 4 is 22.9 Å². The van der Waals surface area contributed by atoms with Gasteiger partial charge in [-0.25, -0.2) is 0 Å². The van der Waals surface area contributed by atoms with Gasteiger partial charge in [0.2, 0.25) is 5.91 Å². The number of carbonyl (C=O) groups is 1. The molecule has 0 spiro atoms.